The number of carbonyl (C=O) groups excluding carboxylic acids is 2. The normalized spacial score (nSPS) is 24.0. The Kier molecular flexibility index (Phi) is 6.36. The van der Waals surface area contributed by atoms with Gasteiger partial charge in [0.25, 0.3) is 0 Å². The van der Waals surface area contributed by atoms with Crippen molar-refractivity contribution in [2.24, 2.45) is 11.8 Å². The smallest absolute Gasteiger partial charge is 0.246 e. The fourth-order valence-corrected chi connectivity index (χ4v) is 5.30. The van der Waals surface area contributed by atoms with Crippen LogP contribution in [0.15, 0.2) is 23.1 Å². The van der Waals surface area contributed by atoms with E-state index in [0.29, 0.717) is 38.2 Å². The lowest BCUT2D eigenvalue weighted by Gasteiger charge is -2.28. The quantitative estimate of drug-likeness (QED) is 0.792. The van der Waals surface area contributed by atoms with Crippen molar-refractivity contribution in [1.82, 2.24) is 4.31 Å². The van der Waals surface area contributed by atoms with Crippen LogP contribution in [0.25, 0.3) is 0 Å². The van der Waals surface area contributed by atoms with Crippen molar-refractivity contribution in [2.45, 2.75) is 31.1 Å². The van der Waals surface area contributed by atoms with Gasteiger partial charge < -0.3 is 14.8 Å². The molecule has 9 heteroatoms. The summed E-state index contributed by atoms with van der Waals surface area (Å²) in [5, 5.41) is 2.81. The Morgan fingerprint density at radius 2 is 2.00 bits per heavy atom. The summed E-state index contributed by atoms with van der Waals surface area (Å²) in [7, 11) is -2.36. The van der Waals surface area contributed by atoms with Crippen LogP contribution < -0.4 is 10.1 Å². The van der Waals surface area contributed by atoms with Crippen molar-refractivity contribution in [3.63, 3.8) is 0 Å². The predicted octanol–water partition coefficient (Wildman–Crippen LogP) is 1.66. The van der Waals surface area contributed by atoms with E-state index in [4.69, 9.17) is 9.47 Å². The first-order valence-electron chi connectivity index (χ1n) is 9.41. The molecule has 1 heterocycles. The van der Waals surface area contributed by atoms with Crippen molar-refractivity contribution in [2.75, 3.05) is 38.7 Å². The van der Waals surface area contributed by atoms with E-state index < -0.39 is 10.0 Å². The zero-order chi connectivity index (χ0) is 20.3. The highest BCUT2D eigenvalue weighted by atomic mass is 32.2. The van der Waals surface area contributed by atoms with Gasteiger partial charge in [0.1, 0.15) is 16.4 Å². The number of ether oxygens (including phenoxy) is 2. The minimum atomic E-state index is -3.77. The van der Waals surface area contributed by atoms with Crippen LogP contribution in [0.2, 0.25) is 0 Å². The summed E-state index contributed by atoms with van der Waals surface area (Å²) in [6, 6.07) is 4.59. The maximum Gasteiger partial charge on any atom is 0.246 e. The number of nitrogens with one attached hydrogen (secondary N) is 1. The monoisotopic (exact) mass is 410 g/mol. The SMILES string of the molecule is COc1ccc(NC(=O)[C@H]2CCC(=O)C[C@@H]2C)cc1S(=O)(=O)N1CCOCC1. The Morgan fingerprint density at radius 1 is 1.29 bits per heavy atom. The molecule has 2 aliphatic rings. The fourth-order valence-electron chi connectivity index (χ4n) is 3.71. The number of hydrogen-bond donors (Lipinski definition) is 1. The summed E-state index contributed by atoms with van der Waals surface area (Å²) >= 11 is 0. The molecular formula is C19H26N2O6S. The van der Waals surface area contributed by atoms with Crippen LogP contribution in [0.3, 0.4) is 0 Å². The Hall–Kier alpha value is -1.97. The van der Waals surface area contributed by atoms with E-state index >= 15 is 0 Å². The number of carbonyl (C=O) groups is 2. The molecule has 0 unspecified atom stereocenters. The van der Waals surface area contributed by atoms with E-state index in [0.717, 1.165) is 0 Å². The van der Waals surface area contributed by atoms with Gasteiger partial charge in [-0.3, -0.25) is 9.59 Å². The minimum Gasteiger partial charge on any atom is -0.495 e. The Morgan fingerprint density at radius 3 is 2.64 bits per heavy atom. The number of methoxy groups -OCH3 is 1. The van der Waals surface area contributed by atoms with Gasteiger partial charge in [0.2, 0.25) is 15.9 Å². The maximum absolute atomic E-state index is 13.0. The molecule has 1 amide bonds. The number of hydrogen-bond acceptors (Lipinski definition) is 6. The lowest BCUT2D eigenvalue weighted by Crippen LogP contribution is -2.40. The van der Waals surface area contributed by atoms with Gasteiger partial charge >= 0.3 is 0 Å². The highest BCUT2D eigenvalue weighted by Gasteiger charge is 2.32. The third-order valence-corrected chi connectivity index (χ3v) is 7.25. The summed E-state index contributed by atoms with van der Waals surface area (Å²) in [6.07, 6.45) is 1.32. The van der Waals surface area contributed by atoms with Crippen LogP contribution in [0.5, 0.6) is 5.75 Å². The fraction of sp³-hybridized carbons (Fsp3) is 0.579. The second kappa shape index (κ2) is 8.59. The minimum absolute atomic E-state index is 0.0153. The van der Waals surface area contributed by atoms with Gasteiger partial charge in [0.05, 0.1) is 20.3 Å². The van der Waals surface area contributed by atoms with Crippen LogP contribution in [-0.2, 0) is 24.3 Å². The van der Waals surface area contributed by atoms with Gasteiger partial charge in [-0.25, -0.2) is 8.42 Å². The average molecular weight is 410 g/mol. The van der Waals surface area contributed by atoms with Crippen molar-refractivity contribution in [1.29, 1.82) is 0 Å². The summed E-state index contributed by atoms with van der Waals surface area (Å²) < 4.78 is 37.9. The first-order chi connectivity index (χ1) is 13.3. The molecule has 3 rings (SSSR count). The highest BCUT2D eigenvalue weighted by molar-refractivity contribution is 7.89. The molecule has 0 aromatic heterocycles. The molecule has 2 fully saturated rings. The van der Waals surface area contributed by atoms with Crippen LogP contribution in [-0.4, -0.2) is 57.8 Å². The third-order valence-electron chi connectivity index (χ3n) is 5.33. The molecule has 1 aliphatic heterocycles. The van der Waals surface area contributed by atoms with Gasteiger partial charge in [-0.1, -0.05) is 6.92 Å². The predicted molar refractivity (Wildman–Crippen MR) is 103 cm³/mol. The number of ketones is 1. The number of sulfonamides is 1. The second-order valence-corrected chi connectivity index (χ2v) is 9.14. The van der Waals surface area contributed by atoms with Gasteiger partial charge in [-0.05, 0) is 30.5 Å². The van der Waals surface area contributed by atoms with Crippen molar-refractivity contribution < 1.29 is 27.5 Å². The topological polar surface area (TPSA) is 102 Å². The van der Waals surface area contributed by atoms with Gasteiger partial charge in [0, 0.05) is 37.5 Å². The number of nitrogens with zero attached hydrogens (tertiary/aromatic N) is 1. The zero-order valence-electron chi connectivity index (χ0n) is 16.1. The molecule has 1 aliphatic carbocycles. The average Bonchev–Trinajstić information content (AvgIpc) is 2.68. The Labute approximate surface area is 165 Å². The van der Waals surface area contributed by atoms with E-state index in [1.165, 1.54) is 23.5 Å². The van der Waals surface area contributed by atoms with E-state index in [-0.39, 0.29) is 47.3 Å². The largest absolute Gasteiger partial charge is 0.495 e. The molecular weight excluding hydrogens is 384 g/mol. The molecule has 28 heavy (non-hydrogen) atoms. The number of amides is 1. The summed E-state index contributed by atoms with van der Waals surface area (Å²) in [4.78, 5) is 24.2. The molecule has 1 saturated heterocycles. The van der Waals surface area contributed by atoms with Crippen molar-refractivity contribution >= 4 is 27.4 Å². The zero-order valence-corrected chi connectivity index (χ0v) is 17.0. The first-order valence-corrected chi connectivity index (χ1v) is 10.9. The molecule has 0 spiro atoms. The molecule has 8 nitrogen and oxygen atoms in total. The van der Waals surface area contributed by atoms with Crippen LogP contribution in [0.1, 0.15) is 26.2 Å². The number of benzene rings is 1. The molecule has 1 N–H and O–H groups in total. The van der Waals surface area contributed by atoms with Crippen molar-refractivity contribution in [3.05, 3.63) is 18.2 Å². The van der Waals surface area contributed by atoms with Crippen molar-refractivity contribution in [3.8, 4) is 5.75 Å². The second-order valence-electron chi connectivity index (χ2n) is 7.24. The molecule has 154 valence electrons. The first kappa shape index (κ1) is 20.8. The number of morpholine rings is 1. The maximum atomic E-state index is 13.0. The Balaban J connectivity index is 1.82. The van der Waals surface area contributed by atoms with Crippen LogP contribution in [0, 0.1) is 11.8 Å². The van der Waals surface area contributed by atoms with Gasteiger partial charge in [-0.15, -0.1) is 0 Å². The molecule has 2 atom stereocenters. The lowest BCUT2D eigenvalue weighted by atomic mass is 9.79. The van der Waals surface area contributed by atoms with E-state index in [1.54, 1.807) is 6.07 Å². The summed E-state index contributed by atoms with van der Waals surface area (Å²) in [5.74, 6) is -0.0870. The Bertz CT molecular complexity index is 848. The van der Waals surface area contributed by atoms with Gasteiger partial charge in [-0.2, -0.15) is 4.31 Å². The highest BCUT2D eigenvalue weighted by Crippen LogP contribution is 2.32. The van der Waals surface area contributed by atoms with E-state index in [9.17, 15) is 18.0 Å². The number of Topliss-reactive ketones (excluding diaryl/α,β-unsaturated/α-hetero) is 1. The number of rotatable bonds is 5. The van der Waals surface area contributed by atoms with Crippen LogP contribution >= 0.6 is 0 Å². The van der Waals surface area contributed by atoms with E-state index in [2.05, 4.69) is 5.32 Å². The molecule has 1 aromatic rings. The van der Waals surface area contributed by atoms with Crippen LogP contribution in [0.4, 0.5) is 5.69 Å². The molecule has 0 radical (unpaired) electrons. The molecule has 0 bridgehead atoms. The number of anilines is 1. The lowest BCUT2D eigenvalue weighted by molar-refractivity contribution is -0.127. The molecule has 1 saturated carbocycles. The van der Waals surface area contributed by atoms with Gasteiger partial charge in [0.15, 0.2) is 0 Å². The molecule has 1 aromatic carbocycles. The summed E-state index contributed by atoms with van der Waals surface area (Å²) in [6.45, 7) is 3.13. The van der Waals surface area contributed by atoms with E-state index in [1.807, 2.05) is 6.92 Å². The third kappa shape index (κ3) is 4.37. The standard InChI is InChI=1S/C19H26N2O6S/c1-13-11-15(22)4-5-16(13)19(23)20-14-3-6-17(26-2)18(12-14)28(24,25)21-7-9-27-10-8-21/h3,6,12-13,16H,4-5,7-11H2,1-2H3,(H,20,23)/t13-,16-/m0/s1. The summed E-state index contributed by atoms with van der Waals surface area (Å²) in [5.41, 5.74) is 0.390.